The molecule has 6 N–H and O–H groups in total. The summed E-state index contributed by atoms with van der Waals surface area (Å²) in [4.78, 5) is 0. The van der Waals surface area contributed by atoms with Gasteiger partial charge in [-0.15, -0.1) is 0 Å². The molecule has 6 heteroatoms. The molecule has 0 aromatic rings. The standard InChI is InChI=1S/2Fe.Mn.3H2O/h;;;3*1H2. The third-order valence-electron chi connectivity index (χ3n) is 0. The van der Waals surface area contributed by atoms with Crippen LogP contribution in [0.2, 0.25) is 0 Å². The molecule has 0 heterocycles. The van der Waals surface area contributed by atoms with Gasteiger partial charge in [0.25, 0.3) is 0 Å². The molecule has 0 amide bonds. The van der Waals surface area contributed by atoms with E-state index < -0.39 is 0 Å². The minimum atomic E-state index is 0. The van der Waals surface area contributed by atoms with E-state index in [0.29, 0.717) is 0 Å². The van der Waals surface area contributed by atoms with E-state index in [2.05, 4.69) is 0 Å². The normalized spacial score (nSPS) is 0. The van der Waals surface area contributed by atoms with Crippen molar-refractivity contribution in [2.45, 2.75) is 0 Å². The topological polar surface area (TPSA) is 94.5 Å². The second kappa shape index (κ2) is 92.0. The van der Waals surface area contributed by atoms with E-state index in [9.17, 15) is 0 Å². The Kier molecular flexibility index (Phi) is 2290. The fourth-order valence-corrected chi connectivity index (χ4v) is 0. The Morgan fingerprint density at radius 3 is 0.500 bits per heavy atom. The van der Waals surface area contributed by atoms with Crippen LogP contribution in [0.4, 0.5) is 0 Å². The van der Waals surface area contributed by atoms with Gasteiger partial charge in [0.2, 0.25) is 0 Å². The van der Waals surface area contributed by atoms with Gasteiger partial charge < -0.3 is 16.4 Å². The zero-order valence-electron chi connectivity index (χ0n) is 2.59. The predicted molar refractivity (Wildman–Crippen MR) is 10.8 cm³/mol. The largest absolute Gasteiger partial charge is 0.412 e. The first-order valence-electron chi connectivity index (χ1n) is 0. The fourth-order valence-electron chi connectivity index (χ4n) is 0. The van der Waals surface area contributed by atoms with Gasteiger partial charge in [-0.25, -0.2) is 0 Å². The molecule has 47 valence electrons. The van der Waals surface area contributed by atoms with E-state index in [-0.39, 0.29) is 67.6 Å². The summed E-state index contributed by atoms with van der Waals surface area (Å²) in [5.41, 5.74) is 0. The van der Waals surface area contributed by atoms with Crippen molar-refractivity contribution in [3.05, 3.63) is 0 Å². The van der Waals surface area contributed by atoms with Crippen molar-refractivity contribution >= 4 is 0 Å². The van der Waals surface area contributed by atoms with Crippen LogP contribution in [-0.4, -0.2) is 16.4 Å². The van der Waals surface area contributed by atoms with E-state index in [0.717, 1.165) is 0 Å². The summed E-state index contributed by atoms with van der Waals surface area (Å²) in [6.45, 7) is 0. The molecule has 0 spiro atoms. The molecule has 1 radical (unpaired) electrons. The van der Waals surface area contributed by atoms with Gasteiger partial charge in [-0.3, -0.25) is 0 Å². The number of hydrogen-bond acceptors (Lipinski definition) is 0. The van der Waals surface area contributed by atoms with Gasteiger partial charge in [-0.2, -0.15) is 0 Å². The number of hydrogen-bond donors (Lipinski definition) is 0. The molecule has 0 rings (SSSR count). The van der Waals surface area contributed by atoms with Crippen molar-refractivity contribution in [3.8, 4) is 0 Å². The number of rotatable bonds is 0. The van der Waals surface area contributed by atoms with Crippen molar-refractivity contribution in [1.29, 1.82) is 0 Å². The summed E-state index contributed by atoms with van der Waals surface area (Å²) < 4.78 is 0. The Morgan fingerprint density at radius 2 is 0.500 bits per heavy atom. The average molecular weight is 221 g/mol. The van der Waals surface area contributed by atoms with Crippen molar-refractivity contribution in [2.24, 2.45) is 0 Å². The molecule has 0 aliphatic heterocycles. The van der Waals surface area contributed by atoms with E-state index in [1.54, 1.807) is 0 Å². The molecule has 0 saturated carbocycles. The first kappa shape index (κ1) is 149. The van der Waals surface area contributed by atoms with Gasteiger partial charge in [0, 0.05) is 51.2 Å². The van der Waals surface area contributed by atoms with Gasteiger partial charge in [0.05, 0.1) is 0 Å². The molecule has 3 nitrogen and oxygen atoms in total. The predicted octanol–water partition coefficient (Wildman–Crippen LogP) is -2.48. The van der Waals surface area contributed by atoms with Crippen LogP contribution >= 0.6 is 0 Å². The molecule has 0 fully saturated rings. The molecular weight excluding hydrogens is 215 g/mol. The smallest absolute Gasteiger partial charge is 0 e. The maximum Gasteiger partial charge on any atom is 0 e. The molecule has 0 atom stereocenters. The second-order valence-electron chi connectivity index (χ2n) is 0. The van der Waals surface area contributed by atoms with Crippen LogP contribution in [0.3, 0.4) is 0 Å². The third-order valence-corrected chi connectivity index (χ3v) is 0. The van der Waals surface area contributed by atoms with Gasteiger partial charge >= 0.3 is 0 Å². The summed E-state index contributed by atoms with van der Waals surface area (Å²) in [6, 6.07) is 0. The zero-order valence-corrected chi connectivity index (χ0v) is 5.97. The van der Waals surface area contributed by atoms with E-state index >= 15 is 0 Å². The average Bonchev–Trinajstić information content (AvgIpc) is 0. The summed E-state index contributed by atoms with van der Waals surface area (Å²) >= 11 is 0. The molecule has 0 saturated heterocycles. The van der Waals surface area contributed by atoms with Gasteiger partial charge in [0.15, 0.2) is 0 Å². The molecule has 6 heavy (non-hydrogen) atoms. The molecule has 0 bridgehead atoms. The van der Waals surface area contributed by atoms with Crippen LogP contribution in [0.25, 0.3) is 0 Å². The monoisotopic (exact) mass is 221 g/mol. The van der Waals surface area contributed by atoms with Crippen molar-refractivity contribution in [1.82, 2.24) is 0 Å². The molecule has 0 aliphatic carbocycles. The quantitative estimate of drug-likeness (QED) is 0.404. The molecule has 0 unspecified atom stereocenters. The SMILES string of the molecule is O.O.O.[Fe].[Fe].[Mn]. The Morgan fingerprint density at radius 1 is 0.500 bits per heavy atom. The Labute approximate surface area is 67.6 Å². The van der Waals surface area contributed by atoms with E-state index in [1.165, 1.54) is 0 Å². The van der Waals surface area contributed by atoms with Crippen molar-refractivity contribution < 1.29 is 67.6 Å². The first-order chi connectivity index (χ1) is 0. The molecular formula is H6Fe2MnO3. The molecule has 0 aromatic heterocycles. The summed E-state index contributed by atoms with van der Waals surface area (Å²) in [7, 11) is 0. The summed E-state index contributed by atoms with van der Waals surface area (Å²) in [5, 5.41) is 0. The zero-order chi connectivity index (χ0) is 0. The maximum absolute atomic E-state index is 0. The van der Waals surface area contributed by atoms with Crippen LogP contribution in [0, 0.1) is 0 Å². The van der Waals surface area contributed by atoms with Crippen LogP contribution in [-0.2, 0) is 51.2 Å². The van der Waals surface area contributed by atoms with E-state index in [1.807, 2.05) is 0 Å². The Bertz CT molecular complexity index is 8.75. The summed E-state index contributed by atoms with van der Waals surface area (Å²) in [6.07, 6.45) is 0. The van der Waals surface area contributed by atoms with Gasteiger partial charge in [-0.1, -0.05) is 0 Å². The van der Waals surface area contributed by atoms with Gasteiger partial charge in [-0.05, 0) is 0 Å². The molecule has 0 aromatic carbocycles. The first-order valence-corrected chi connectivity index (χ1v) is 0. The van der Waals surface area contributed by atoms with Crippen LogP contribution in [0.5, 0.6) is 0 Å². The van der Waals surface area contributed by atoms with Crippen molar-refractivity contribution in [3.63, 3.8) is 0 Å². The summed E-state index contributed by atoms with van der Waals surface area (Å²) in [5.74, 6) is 0. The maximum atomic E-state index is 0. The Hall–Kier alpha value is 1.44. The minimum Gasteiger partial charge on any atom is -0.412 e. The minimum absolute atomic E-state index is 0. The van der Waals surface area contributed by atoms with E-state index in [4.69, 9.17) is 0 Å². The Balaban J connectivity index is 0. The van der Waals surface area contributed by atoms with Gasteiger partial charge in [0.1, 0.15) is 0 Å². The van der Waals surface area contributed by atoms with Crippen LogP contribution in [0.15, 0.2) is 0 Å². The van der Waals surface area contributed by atoms with Crippen LogP contribution < -0.4 is 0 Å². The molecule has 0 aliphatic rings. The second-order valence-corrected chi connectivity index (χ2v) is 0. The van der Waals surface area contributed by atoms with Crippen LogP contribution in [0.1, 0.15) is 0 Å². The van der Waals surface area contributed by atoms with Crippen molar-refractivity contribution in [2.75, 3.05) is 0 Å². The third kappa shape index (κ3) is 51.8. The fraction of sp³-hybridized carbons (Fsp3) is 0.